The van der Waals surface area contributed by atoms with Gasteiger partial charge in [-0.3, -0.25) is 9.36 Å². The van der Waals surface area contributed by atoms with E-state index in [9.17, 15) is 9.59 Å². The Morgan fingerprint density at radius 3 is 2.28 bits per heavy atom. The highest BCUT2D eigenvalue weighted by atomic mass is 32.1. The van der Waals surface area contributed by atoms with Crippen molar-refractivity contribution in [3.63, 3.8) is 0 Å². The highest BCUT2D eigenvalue weighted by Gasteiger charge is 2.35. The third-order valence-electron chi connectivity index (χ3n) is 7.42. The summed E-state index contributed by atoms with van der Waals surface area (Å²) < 4.78 is 18.7. The number of benzene rings is 3. The summed E-state index contributed by atoms with van der Waals surface area (Å²) in [5.41, 5.74) is 3.95. The molecule has 1 aliphatic heterocycles. The second-order valence-electron chi connectivity index (χ2n) is 9.81. The summed E-state index contributed by atoms with van der Waals surface area (Å²) >= 11 is 1.29. The summed E-state index contributed by atoms with van der Waals surface area (Å²) in [5.74, 6) is 0.486. The van der Waals surface area contributed by atoms with Gasteiger partial charge in [0.15, 0.2) is 16.3 Å². The van der Waals surface area contributed by atoms with Crippen LogP contribution in [0.2, 0.25) is 0 Å². The molecule has 3 aromatic carbocycles. The van der Waals surface area contributed by atoms with E-state index in [1.807, 2.05) is 54.6 Å². The van der Waals surface area contributed by atoms with Gasteiger partial charge in [-0.05, 0) is 62.2 Å². The molecule has 0 radical (unpaired) electrons. The number of ether oxygens (including phenoxy) is 3. The van der Waals surface area contributed by atoms with Gasteiger partial charge in [0.2, 0.25) is 0 Å². The molecule has 0 fully saturated rings. The van der Waals surface area contributed by atoms with Gasteiger partial charge in [0, 0.05) is 24.3 Å². The van der Waals surface area contributed by atoms with Crippen LogP contribution in [0, 0.1) is 0 Å². The first-order valence-electron chi connectivity index (χ1n) is 14.3. The molecular formula is C34H35N3O5S. The van der Waals surface area contributed by atoms with Crippen molar-refractivity contribution < 1.29 is 19.0 Å². The second-order valence-corrected chi connectivity index (χ2v) is 10.8. The number of thiazole rings is 1. The number of fused-ring (bicyclic) bond motifs is 1. The zero-order valence-electron chi connectivity index (χ0n) is 25.0. The minimum absolute atomic E-state index is 0.178. The fourth-order valence-electron chi connectivity index (χ4n) is 5.30. The fraction of sp³-hybridized carbons (Fsp3) is 0.265. The monoisotopic (exact) mass is 597 g/mol. The lowest BCUT2D eigenvalue weighted by atomic mass is 9.93. The fourth-order valence-corrected chi connectivity index (χ4v) is 6.30. The molecule has 0 bridgehead atoms. The molecule has 222 valence electrons. The predicted molar refractivity (Wildman–Crippen MR) is 171 cm³/mol. The number of rotatable bonds is 10. The van der Waals surface area contributed by atoms with Crippen molar-refractivity contribution in [3.8, 4) is 11.5 Å². The molecule has 9 heteroatoms. The normalized spacial score (nSPS) is 14.6. The summed E-state index contributed by atoms with van der Waals surface area (Å²) in [4.78, 5) is 35.5. The number of anilines is 1. The van der Waals surface area contributed by atoms with Gasteiger partial charge in [-0.25, -0.2) is 9.79 Å². The van der Waals surface area contributed by atoms with E-state index in [-0.39, 0.29) is 17.7 Å². The Labute approximate surface area is 254 Å². The van der Waals surface area contributed by atoms with Gasteiger partial charge in [-0.15, -0.1) is 0 Å². The number of nitrogens with zero attached hydrogens (tertiary/aromatic N) is 3. The van der Waals surface area contributed by atoms with Crippen molar-refractivity contribution >= 4 is 34.8 Å². The Balaban J connectivity index is 1.76. The van der Waals surface area contributed by atoms with Gasteiger partial charge in [0.25, 0.3) is 5.56 Å². The van der Waals surface area contributed by atoms with Crippen molar-refractivity contribution in [2.75, 3.05) is 38.8 Å². The number of aromatic nitrogens is 1. The zero-order chi connectivity index (χ0) is 30.5. The maximum Gasteiger partial charge on any atom is 0.338 e. The predicted octanol–water partition coefficient (Wildman–Crippen LogP) is 4.80. The van der Waals surface area contributed by atoms with Crippen LogP contribution in [0.5, 0.6) is 11.5 Å². The highest BCUT2D eigenvalue weighted by molar-refractivity contribution is 7.07. The standard InChI is InChI=1S/C34H35N3O5S/c1-6-36(7-2)25-17-14-22(15-18-25)20-28-32(38)37-31(24-16-19-26(40-4)27(21-24)41-5)29(33(39)42-8-3)30(35-34(37)43-28)23-12-10-9-11-13-23/h9-21,31H,6-8H2,1-5H3/b28-20-/t31-/m1/s1. The summed E-state index contributed by atoms with van der Waals surface area (Å²) in [5, 5.41) is 0. The second kappa shape index (κ2) is 13.1. The number of hydrogen-bond acceptors (Lipinski definition) is 8. The number of methoxy groups -OCH3 is 2. The van der Waals surface area contributed by atoms with Crippen LogP contribution in [-0.4, -0.2) is 44.5 Å². The third kappa shape index (κ3) is 5.85. The lowest BCUT2D eigenvalue weighted by Crippen LogP contribution is -2.40. The Morgan fingerprint density at radius 2 is 1.65 bits per heavy atom. The molecule has 0 spiro atoms. The van der Waals surface area contributed by atoms with E-state index >= 15 is 0 Å². The van der Waals surface area contributed by atoms with Gasteiger partial charge in [-0.1, -0.05) is 59.9 Å². The van der Waals surface area contributed by atoms with Gasteiger partial charge in [-0.2, -0.15) is 0 Å². The summed E-state index contributed by atoms with van der Waals surface area (Å²) in [6.07, 6.45) is 1.87. The van der Waals surface area contributed by atoms with Crippen molar-refractivity contribution in [3.05, 3.63) is 115 Å². The average molecular weight is 598 g/mol. The smallest absolute Gasteiger partial charge is 0.338 e. The van der Waals surface area contributed by atoms with Gasteiger partial charge < -0.3 is 19.1 Å². The molecule has 4 aromatic rings. The van der Waals surface area contributed by atoms with E-state index < -0.39 is 12.0 Å². The van der Waals surface area contributed by atoms with Crippen LogP contribution in [-0.2, 0) is 9.53 Å². The number of carbonyl (C=O) groups excluding carboxylic acids is 1. The molecule has 5 rings (SSSR count). The minimum Gasteiger partial charge on any atom is -0.493 e. The van der Waals surface area contributed by atoms with Gasteiger partial charge in [0.05, 0.1) is 42.7 Å². The SMILES string of the molecule is CCOC(=O)C1=C(c2ccccc2)N=c2s/c(=C\c3ccc(N(CC)CC)cc3)c(=O)n2[C@@H]1c1ccc(OC)c(OC)c1. The maximum absolute atomic E-state index is 14.2. The Morgan fingerprint density at radius 1 is 0.953 bits per heavy atom. The van der Waals surface area contributed by atoms with Crippen LogP contribution in [0.25, 0.3) is 11.8 Å². The maximum atomic E-state index is 14.2. The first-order valence-corrected chi connectivity index (χ1v) is 15.1. The molecule has 1 atom stereocenters. The lowest BCUT2D eigenvalue weighted by Gasteiger charge is -2.26. The summed E-state index contributed by atoms with van der Waals surface area (Å²) in [6, 6.07) is 22.2. The van der Waals surface area contributed by atoms with Crippen LogP contribution in [0.3, 0.4) is 0 Å². The first kappa shape index (κ1) is 29.8. The summed E-state index contributed by atoms with van der Waals surface area (Å²) in [6.45, 7) is 8.01. The third-order valence-corrected chi connectivity index (χ3v) is 8.40. The molecule has 0 amide bonds. The number of hydrogen-bond donors (Lipinski definition) is 0. The topological polar surface area (TPSA) is 82.4 Å². The minimum atomic E-state index is -0.808. The Kier molecular flexibility index (Phi) is 9.11. The molecule has 8 nitrogen and oxygen atoms in total. The van der Waals surface area contributed by atoms with E-state index in [0.717, 1.165) is 29.9 Å². The van der Waals surface area contributed by atoms with Crippen LogP contribution in [0.15, 0.2) is 88.2 Å². The van der Waals surface area contributed by atoms with Crippen molar-refractivity contribution in [2.45, 2.75) is 26.8 Å². The Bertz CT molecular complexity index is 1820. The van der Waals surface area contributed by atoms with E-state index in [1.54, 1.807) is 37.8 Å². The van der Waals surface area contributed by atoms with Gasteiger partial charge in [0.1, 0.15) is 0 Å². The molecule has 0 aliphatic carbocycles. The van der Waals surface area contributed by atoms with E-state index in [2.05, 4.69) is 30.9 Å². The van der Waals surface area contributed by atoms with Crippen LogP contribution in [0.1, 0.15) is 43.5 Å². The average Bonchev–Trinajstić information content (AvgIpc) is 3.35. The zero-order valence-corrected chi connectivity index (χ0v) is 25.8. The van der Waals surface area contributed by atoms with Crippen molar-refractivity contribution in [1.29, 1.82) is 0 Å². The van der Waals surface area contributed by atoms with E-state index in [0.29, 0.717) is 32.1 Å². The van der Waals surface area contributed by atoms with E-state index in [4.69, 9.17) is 19.2 Å². The molecule has 0 unspecified atom stereocenters. The molecule has 0 saturated carbocycles. The van der Waals surface area contributed by atoms with Crippen molar-refractivity contribution in [1.82, 2.24) is 4.57 Å². The lowest BCUT2D eigenvalue weighted by molar-refractivity contribution is -0.138. The molecule has 1 aromatic heterocycles. The molecule has 43 heavy (non-hydrogen) atoms. The molecular weight excluding hydrogens is 562 g/mol. The summed E-state index contributed by atoms with van der Waals surface area (Å²) in [7, 11) is 3.11. The number of carbonyl (C=O) groups is 1. The molecule has 2 heterocycles. The molecule has 1 aliphatic rings. The van der Waals surface area contributed by atoms with Gasteiger partial charge >= 0.3 is 5.97 Å². The van der Waals surface area contributed by atoms with Crippen molar-refractivity contribution in [2.24, 2.45) is 4.99 Å². The van der Waals surface area contributed by atoms with Crippen LogP contribution < -0.4 is 29.3 Å². The Hall–Kier alpha value is -4.63. The highest BCUT2D eigenvalue weighted by Crippen LogP contribution is 2.38. The molecule has 0 N–H and O–H groups in total. The first-order chi connectivity index (χ1) is 20.9. The quantitative estimate of drug-likeness (QED) is 0.245. The van der Waals surface area contributed by atoms with E-state index in [1.165, 1.54) is 11.3 Å². The van der Waals surface area contributed by atoms with Crippen LogP contribution in [0.4, 0.5) is 5.69 Å². The molecule has 0 saturated heterocycles. The number of esters is 1. The van der Waals surface area contributed by atoms with Crippen LogP contribution >= 0.6 is 11.3 Å². The largest absolute Gasteiger partial charge is 0.493 e.